The first kappa shape index (κ1) is 17.9. The van der Waals surface area contributed by atoms with Crippen LogP contribution in [0.2, 0.25) is 0 Å². The number of hydrogen-bond acceptors (Lipinski definition) is 4. The maximum atomic E-state index is 12.3. The van der Waals surface area contributed by atoms with Gasteiger partial charge in [0, 0.05) is 15.4 Å². The lowest BCUT2D eigenvalue weighted by Gasteiger charge is -2.06. The first-order chi connectivity index (χ1) is 12.1. The van der Waals surface area contributed by atoms with E-state index >= 15 is 0 Å². The Morgan fingerprint density at radius 2 is 2.04 bits per heavy atom. The molecule has 25 heavy (non-hydrogen) atoms. The number of amides is 1. The van der Waals surface area contributed by atoms with Crippen LogP contribution in [0.25, 0.3) is 6.08 Å². The monoisotopic (exact) mass is 419 g/mol. The molecule has 1 aliphatic carbocycles. The number of carbonyl (C=O) groups excluding carboxylic acids is 2. The molecule has 6 heteroatoms. The average molecular weight is 420 g/mol. The number of rotatable bonds is 5. The number of thiophene rings is 1. The van der Waals surface area contributed by atoms with Crippen LogP contribution in [0.5, 0.6) is 0 Å². The topological polar surface area (TPSA) is 55.4 Å². The lowest BCUT2D eigenvalue weighted by molar-refractivity contribution is -0.111. The molecule has 0 aliphatic heterocycles. The first-order valence-corrected chi connectivity index (χ1v) is 9.75. The number of anilines is 1. The van der Waals surface area contributed by atoms with E-state index in [4.69, 9.17) is 4.74 Å². The fourth-order valence-corrected chi connectivity index (χ4v) is 4.36. The highest BCUT2D eigenvalue weighted by molar-refractivity contribution is 9.10. The third-order valence-electron chi connectivity index (χ3n) is 3.93. The van der Waals surface area contributed by atoms with Crippen molar-refractivity contribution in [2.24, 2.45) is 0 Å². The van der Waals surface area contributed by atoms with Crippen LogP contribution in [0.3, 0.4) is 0 Å². The number of halogens is 1. The highest BCUT2D eigenvalue weighted by Crippen LogP contribution is 2.39. The molecule has 0 fully saturated rings. The van der Waals surface area contributed by atoms with Crippen LogP contribution in [0.4, 0.5) is 5.00 Å². The first-order valence-electron chi connectivity index (χ1n) is 8.14. The lowest BCUT2D eigenvalue weighted by atomic mass is 10.1. The Bertz CT molecular complexity index is 824. The van der Waals surface area contributed by atoms with Gasteiger partial charge in [0.05, 0.1) is 12.2 Å². The van der Waals surface area contributed by atoms with Crippen molar-refractivity contribution in [3.63, 3.8) is 0 Å². The molecule has 0 unspecified atom stereocenters. The molecule has 1 aliphatic rings. The lowest BCUT2D eigenvalue weighted by Crippen LogP contribution is -2.13. The molecule has 0 spiro atoms. The second kappa shape index (κ2) is 7.97. The molecular weight excluding hydrogens is 402 g/mol. The summed E-state index contributed by atoms with van der Waals surface area (Å²) < 4.78 is 6.16. The Morgan fingerprint density at radius 3 is 2.76 bits per heavy atom. The van der Waals surface area contributed by atoms with Gasteiger partial charge < -0.3 is 10.1 Å². The van der Waals surface area contributed by atoms with Crippen molar-refractivity contribution in [2.45, 2.75) is 26.2 Å². The molecule has 0 bridgehead atoms. The van der Waals surface area contributed by atoms with Crippen molar-refractivity contribution in [3.8, 4) is 0 Å². The molecule has 2 aromatic rings. The molecule has 0 saturated carbocycles. The van der Waals surface area contributed by atoms with Crippen LogP contribution >= 0.6 is 27.3 Å². The Kier molecular flexibility index (Phi) is 5.71. The van der Waals surface area contributed by atoms with Gasteiger partial charge in [-0.3, -0.25) is 4.79 Å². The van der Waals surface area contributed by atoms with E-state index in [-0.39, 0.29) is 11.9 Å². The summed E-state index contributed by atoms with van der Waals surface area (Å²) in [5, 5.41) is 3.43. The van der Waals surface area contributed by atoms with Crippen molar-refractivity contribution >= 4 is 50.2 Å². The molecule has 1 aromatic carbocycles. The second-order valence-corrected chi connectivity index (χ2v) is 7.68. The van der Waals surface area contributed by atoms with Crippen molar-refractivity contribution in [3.05, 3.63) is 56.4 Å². The van der Waals surface area contributed by atoms with Crippen LogP contribution in [0.1, 0.15) is 39.7 Å². The zero-order chi connectivity index (χ0) is 17.8. The van der Waals surface area contributed by atoms with Crippen molar-refractivity contribution in [1.29, 1.82) is 0 Å². The zero-order valence-electron chi connectivity index (χ0n) is 13.8. The van der Waals surface area contributed by atoms with Crippen molar-refractivity contribution in [1.82, 2.24) is 0 Å². The van der Waals surface area contributed by atoms with Crippen LogP contribution in [0.15, 0.2) is 34.8 Å². The molecule has 0 radical (unpaired) electrons. The molecule has 1 heterocycles. The fraction of sp³-hybridized carbons (Fsp3) is 0.263. The van der Waals surface area contributed by atoms with Crippen molar-refractivity contribution in [2.75, 3.05) is 11.9 Å². The van der Waals surface area contributed by atoms with Gasteiger partial charge in [0.1, 0.15) is 5.00 Å². The van der Waals surface area contributed by atoms with E-state index in [2.05, 4.69) is 21.2 Å². The summed E-state index contributed by atoms with van der Waals surface area (Å²) in [5.74, 6) is -0.609. The molecule has 1 N–H and O–H groups in total. The summed E-state index contributed by atoms with van der Waals surface area (Å²) in [5.41, 5.74) is 2.50. The van der Waals surface area contributed by atoms with Gasteiger partial charge in [-0.1, -0.05) is 28.1 Å². The predicted octanol–water partition coefficient (Wildman–Crippen LogP) is 4.83. The van der Waals surface area contributed by atoms with Gasteiger partial charge in [-0.05, 0) is 55.5 Å². The molecule has 1 amide bonds. The molecule has 0 saturated heterocycles. The van der Waals surface area contributed by atoms with Crippen molar-refractivity contribution < 1.29 is 14.3 Å². The maximum Gasteiger partial charge on any atom is 0.341 e. The highest BCUT2D eigenvalue weighted by atomic mass is 79.9. The Labute approximate surface area is 159 Å². The molecule has 3 rings (SSSR count). The van der Waals surface area contributed by atoms with Crippen LogP contribution < -0.4 is 5.32 Å². The SMILES string of the molecule is CCOC(=O)c1c(NC(=O)/C=C/c2ccc(Br)cc2)sc2c1CCC2. The van der Waals surface area contributed by atoms with Gasteiger partial charge in [0.25, 0.3) is 0 Å². The summed E-state index contributed by atoms with van der Waals surface area (Å²) >= 11 is 4.86. The maximum absolute atomic E-state index is 12.3. The number of carbonyl (C=O) groups is 2. The van der Waals surface area contributed by atoms with Gasteiger partial charge in [-0.15, -0.1) is 11.3 Å². The van der Waals surface area contributed by atoms with E-state index in [1.165, 1.54) is 22.3 Å². The predicted molar refractivity (Wildman–Crippen MR) is 104 cm³/mol. The van der Waals surface area contributed by atoms with Crippen LogP contribution in [-0.4, -0.2) is 18.5 Å². The molecule has 1 aromatic heterocycles. The molecule has 130 valence electrons. The van der Waals surface area contributed by atoms with E-state index in [1.54, 1.807) is 13.0 Å². The number of aryl methyl sites for hydroxylation is 1. The summed E-state index contributed by atoms with van der Waals surface area (Å²) in [6.45, 7) is 2.10. The number of esters is 1. The van der Waals surface area contributed by atoms with Gasteiger partial charge in [0.15, 0.2) is 0 Å². The Hall–Kier alpha value is -1.92. The number of benzene rings is 1. The van der Waals surface area contributed by atoms with E-state index in [1.807, 2.05) is 24.3 Å². The van der Waals surface area contributed by atoms with E-state index in [0.717, 1.165) is 34.9 Å². The Balaban J connectivity index is 1.77. The van der Waals surface area contributed by atoms with E-state index < -0.39 is 0 Å². The number of ether oxygens (including phenoxy) is 1. The smallest absolute Gasteiger partial charge is 0.341 e. The fourth-order valence-electron chi connectivity index (χ4n) is 2.81. The largest absolute Gasteiger partial charge is 0.462 e. The number of nitrogens with one attached hydrogen (secondary N) is 1. The minimum absolute atomic E-state index is 0.256. The normalized spacial score (nSPS) is 13.0. The van der Waals surface area contributed by atoms with Gasteiger partial charge in [-0.2, -0.15) is 0 Å². The summed E-state index contributed by atoms with van der Waals surface area (Å²) in [6.07, 6.45) is 6.09. The van der Waals surface area contributed by atoms with E-state index in [9.17, 15) is 9.59 Å². The molecule has 4 nitrogen and oxygen atoms in total. The minimum Gasteiger partial charge on any atom is -0.462 e. The second-order valence-electron chi connectivity index (χ2n) is 5.66. The molecule has 0 atom stereocenters. The quantitative estimate of drug-likeness (QED) is 0.557. The zero-order valence-corrected chi connectivity index (χ0v) is 16.2. The van der Waals surface area contributed by atoms with Gasteiger partial charge in [0.2, 0.25) is 5.91 Å². The average Bonchev–Trinajstić information content (AvgIpc) is 3.15. The van der Waals surface area contributed by atoms with Crippen LogP contribution in [-0.2, 0) is 22.4 Å². The number of fused-ring (bicyclic) bond motifs is 1. The summed E-state index contributed by atoms with van der Waals surface area (Å²) in [4.78, 5) is 25.7. The van der Waals surface area contributed by atoms with E-state index in [0.29, 0.717) is 17.2 Å². The van der Waals surface area contributed by atoms with Gasteiger partial charge in [-0.25, -0.2) is 4.79 Å². The number of hydrogen-bond donors (Lipinski definition) is 1. The summed E-state index contributed by atoms with van der Waals surface area (Å²) in [6, 6.07) is 7.66. The standard InChI is InChI=1S/C19H18BrNO3S/c1-2-24-19(23)17-14-4-3-5-15(14)25-18(17)21-16(22)11-8-12-6-9-13(20)10-7-12/h6-11H,2-5H2,1H3,(H,21,22)/b11-8+. The highest BCUT2D eigenvalue weighted by Gasteiger charge is 2.27. The minimum atomic E-state index is -0.353. The molecular formula is C19H18BrNO3S. The Morgan fingerprint density at radius 1 is 1.28 bits per heavy atom. The van der Waals surface area contributed by atoms with Crippen LogP contribution in [0, 0.1) is 0 Å². The summed E-state index contributed by atoms with van der Waals surface area (Å²) in [7, 11) is 0. The third kappa shape index (κ3) is 4.19. The third-order valence-corrected chi connectivity index (χ3v) is 5.67. The van der Waals surface area contributed by atoms with Gasteiger partial charge >= 0.3 is 5.97 Å².